The summed E-state index contributed by atoms with van der Waals surface area (Å²) in [7, 11) is 0. The number of aldehydes is 1. The van der Waals surface area contributed by atoms with Crippen LogP contribution in [-0.2, 0) is 6.18 Å². The summed E-state index contributed by atoms with van der Waals surface area (Å²) in [5, 5.41) is 2.66. The number of amides is 1. The molecule has 3 aromatic rings. The van der Waals surface area contributed by atoms with Crippen LogP contribution >= 0.6 is 0 Å². The summed E-state index contributed by atoms with van der Waals surface area (Å²) in [6.07, 6.45) is -3.75. The Morgan fingerprint density at radius 2 is 1.78 bits per heavy atom. The highest BCUT2D eigenvalue weighted by atomic mass is 19.4. The Morgan fingerprint density at radius 1 is 1.07 bits per heavy atom. The molecule has 1 heterocycles. The second-order valence-corrected chi connectivity index (χ2v) is 5.85. The monoisotopic (exact) mass is 373 g/mol. The van der Waals surface area contributed by atoms with Crippen LogP contribution in [0, 0.1) is 6.92 Å². The molecule has 138 valence electrons. The summed E-state index contributed by atoms with van der Waals surface area (Å²) >= 11 is 0. The van der Waals surface area contributed by atoms with Crippen molar-refractivity contribution in [3.63, 3.8) is 0 Å². The smallest absolute Gasteiger partial charge is 0.416 e. The summed E-state index contributed by atoms with van der Waals surface area (Å²) in [5.41, 5.74) is 0.778. The average molecular weight is 373 g/mol. The fraction of sp³-hybridized carbons (Fsp3) is 0.100. The van der Waals surface area contributed by atoms with E-state index in [0.29, 0.717) is 28.9 Å². The van der Waals surface area contributed by atoms with Crippen molar-refractivity contribution in [1.29, 1.82) is 0 Å². The van der Waals surface area contributed by atoms with Gasteiger partial charge in [0.05, 0.1) is 11.1 Å². The van der Waals surface area contributed by atoms with Crippen molar-refractivity contribution in [3.8, 4) is 11.3 Å². The predicted molar refractivity (Wildman–Crippen MR) is 93.7 cm³/mol. The largest absolute Gasteiger partial charge is 0.461 e. The first kappa shape index (κ1) is 18.4. The fourth-order valence-corrected chi connectivity index (χ4v) is 2.56. The number of rotatable bonds is 4. The van der Waals surface area contributed by atoms with Crippen molar-refractivity contribution in [3.05, 3.63) is 77.0 Å². The van der Waals surface area contributed by atoms with Crippen LogP contribution in [0.25, 0.3) is 11.3 Å². The molecule has 1 N–H and O–H groups in total. The van der Waals surface area contributed by atoms with Crippen molar-refractivity contribution >= 4 is 17.9 Å². The van der Waals surface area contributed by atoms with E-state index in [1.807, 2.05) is 0 Å². The SMILES string of the molecule is Cc1oc(-c2ccc(C(F)(F)F)cc2)cc1C(=O)Nc1cccc(C=O)c1. The minimum absolute atomic E-state index is 0.251. The summed E-state index contributed by atoms with van der Waals surface area (Å²) in [4.78, 5) is 23.3. The van der Waals surface area contributed by atoms with E-state index in [0.717, 1.165) is 12.1 Å². The van der Waals surface area contributed by atoms with Gasteiger partial charge in [-0.15, -0.1) is 0 Å². The number of carbonyl (C=O) groups excluding carboxylic acids is 2. The number of anilines is 1. The number of hydrogen-bond acceptors (Lipinski definition) is 3. The van der Waals surface area contributed by atoms with Crippen LogP contribution in [0.4, 0.5) is 18.9 Å². The quantitative estimate of drug-likeness (QED) is 0.628. The molecule has 0 aliphatic carbocycles. The van der Waals surface area contributed by atoms with Crippen molar-refractivity contribution in [2.45, 2.75) is 13.1 Å². The van der Waals surface area contributed by atoms with Crippen molar-refractivity contribution in [2.75, 3.05) is 5.32 Å². The van der Waals surface area contributed by atoms with Gasteiger partial charge in [-0.3, -0.25) is 9.59 Å². The predicted octanol–water partition coefficient (Wildman–Crippen LogP) is 5.34. The van der Waals surface area contributed by atoms with Crippen LogP contribution in [0.1, 0.15) is 32.0 Å². The van der Waals surface area contributed by atoms with Gasteiger partial charge in [0.15, 0.2) is 0 Å². The molecule has 0 unspecified atom stereocenters. The van der Waals surface area contributed by atoms with Crippen LogP contribution in [0.15, 0.2) is 59.0 Å². The topological polar surface area (TPSA) is 59.3 Å². The van der Waals surface area contributed by atoms with Crippen LogP contribution in [0.5, 0.6) is 0 Å². The number of benzene rings is 2. The normalized spacial score (nSPS) is 11.3. The van der Waals surface area contributed by atoms with Gasteiger partial charge in [0, 0.05) is 16.8 Å². The number of furan rings is 1. The van der Waals surface area contributed by atoms with E-state index >= 15 is 0 Å². The van der Waals surface area contributed by atoms with Gasteiger partial charge in [-0.1, -0.05) is 24.3 Å². The molecule has 2 aromatic carbocycles. The Bertz CT molecular complexity index is 988. The lowest BCUT2D eigenvalue weighted by atomic mass is 10.1. The molecule has 1 amide bonds. The Hall–Kier alpha value is -3.35. The second kappa shape index (κ2) is 7.11. The first-order chi connectivity index (χ1) is 12.8. The van der Waals surface area contributed by atoms with E-state index in [2.05, 4.69) is 5.32 Å². The molecule has 27 heavy (non-hydrogen) atoms. The lowest BCUT2D eigenvalue weighted by Gasteiger charge is -2.06. The molecular weight excluding hydrogens is 359 g/mol. The zero-order valence-electron chi connectivity index (χ0n) is 14.1. The van der Waals surface area contributed by atoms with Gasteiger partial charge < -0.3 is 9.73 Å². The van der Waals surface area contributed by atoms with Crippen LogP contribution in [-0.4, -0.2) is 12.2 Å². The van der Waals surface area contributed by atoms with Crippen LogP contribution in [0.2, 0.25) is 0 Å². The maximum Gasteiger partial charge on any atom is 0.416 e. The van der Waals surface area contributed by atoms with Gasteiger partial charge in [-0.2, -0.15) is 13.2 Å². The molecule has 0 spiro atoms. The third kappa shape index (κ3) is 4.08. The molecule has 0 radical (unpaired) electrons. The van der Waals surface area contributed by atoms with E-state index in [1.54, 1.807) is 25.1 Å². The van der Waals surface area contributed by atoms with Gasteiger partial charge in [-0.05, 0) is 37.3 Å². The number of alkyl halides is 3. The second-order valence-electron chi connectivity index (χ2n) is 5.85. The van der Waals surface area contributed by atoms with Gasteiger partial charge >= 0.3 is 6.18 Å². The third-order valence-corrected chi connectivity index (χ3v) is 3.94. The summed E-state index contributed by atoms with van der Waals surface area (Å²) in [6.45, 7) is 1.59. The highest BCUT2D eigenvalue weighted by Gasteiger charge is 2.30. The molecule has 1 aromatic heterocycles. The first-order valence-electron chi connectivity index (χ1n) is 7.92. The van der Waals surface area contributed by atoms with E-state index in [1.165, 1.54) is 24.3 Å². The van der Waals surface area contributed by atoms with Crippen LogP contribution < -0.4 is 5.32 Å². The molecule has 0 saturated carbocycles. The van der Waals surface area contributed by atoms with E-state index < -0.39 is 17.6 Å². The molecule has 0 aliphatic heterocycles. The van der Waals surface area contributed by atoms with Gasteiger partial charge in [0.25, 0.3) is 5.91 Å². The zero-order valence-corrected chi connectivity index (χ0v) is 14.1. The van der Waals surface area contributed by atoms with Crippen LogP contribution in [0.3, 0.4) is 0 Å². The molecule has 0 fully saturated rings. The zero-order chi connectivity index (χ0) is 19.6. The number of halogens is 3. The number of aryl methyl sites for hydroxylation is 1. The number of carbonyl (C=O) groups is 2. The standard InChI is InChI=1S/C20H14F3NO3/c1-12-17(19(26)24-16-4-2-3-13(9-16)11-25)10-18(27-12)14-5-7-15(8-6-14)20(21,22)23/h2-11H,1H3,(H,24,26). The van der Waals surface area contributed by atoms with Crippen molar-refractivity contribution in [1.82, 2.24) is 0 Å². The first-order valence-corrected chi connectivity index (χ1v) is 7.92. The molecular formula is C20H14F3NO3. The van der Waals surface area contributed by atoms with Gasteiger partial charge in [0.2, 0.25) is 0 Å². The molecule has 4 nitrogen and oxygen atoms in total. The molecule has 7 heteroatoms. The maximum atomic E-state index is 12.7. The van der Waals surface area contributed by atoms with Gasteiger partial charge in [-0.25, -0.2) is 0 Å². The molecule has 3 rings (SSSR count). The lowest BCUT2D eigenvalue weighted by Crippen LogP contribution is -2.12. The third-order valence-electron chi connectivity index (χ3n) is 3.94. The van der Waals surface area contributed by atoms with Crippen molar-refractivity contribution in [2.24, 2.45) is 0 Å². The molecule has 0 atom stereocenters. The number of nitrogens with one attached hydrogen (secondary N) is 1. The Labute approximate surface area is 152 Å². The van der Waals surface area contributed by atoms with Gasteiger partial charge in [0.1, 0.15) is 17.8 Å². The highest BCUT2D eigenvalue weighted by molar-refractivity contribution is 6.05. The Kier molecular flexibility index (Phi) is 4.85. The minimum Gasteiger partial charge on any atom is -0.461 e. The Morgan fingerprint density at radius 3 is 2.41 bits per heavy atom. The molecule has 0 saturated heterocycles. The number of hydrogen-bond donors (Lipinski definition) is 1. The Balaban J connectivity index is 1.83. The molecule has 0 bridgehead atoms. The lowest BCUT2D eigenvalue weighted by molar-refractivity contribution is -0.137. The molecule has 0 aliphatic rings. The minimum atomic E-state index is -4.42. The van der Waals surface area contributed by atoms with E-state index in [-0.39, 0.29) is 11.3 Å². The van der Waals surface area contributed by atoms with E-state index in [4.69, 9.17) is 4.42 Å². The highest BCUT2D eigenvalue weighted by Crippen LogP contribution is 2.32. The summed E-state index contributed by atoms with van der Waals surface area (Å²) in [5.74, 6) is 0.166. The summed E-state index contributed by atoms with van der Waals surface area (Å²) in [6, 6.07) is 12.4. The average Bonchev–Trinajstić information content (AvgIpc) is 3.03. The summed E-state index contributed by atoms with van der Waals surface area (Å²) < 4.78 is 43.5. The van der Waals surface area contributed by atoms with E-state index in [9.17, 15) is 22.8 Å². The maximum absolute atomic E-state index is 12.7. The fourth-order valence-electron chi connectivity index (χ4n) is 2.56. The van der Waals surface area contributed by atoms with Crippen molar-refractivity contribution < 1.29 is 27.2 Å².